The predicted molar refractivity (Wildman–Crippen MR) is 188 cm³/mol. The van der Waals surface area contributed by atoms with Gasteiger partial charge in [-0.3, -0.25) is 0 Å². The van der Waals surface area contributed by atoms with Crippen LogP contribution in [-0.2, 0) is 15.7 Å². The third-order valence-electron chi connectivity index (χ3n) is 7.90. The Hall–Kier alpha value is 0.277. The summed E-state index contributed by atoms with van der Waals surface area (Å²) in [5.74, 6) is 1.83. The van der Waals surface area contributed by atoms with Gasteiger partial charge in [-0.2, -0.15) is 0 Å². The molecule has 0 radical (unpaired) electrons. The van der Waals surface area contributed by atoms with Gasteiger partial charge in [0.2, 0.25) is 0 Å². The molecule has 0 aliphatic carbocycles. The summed E-state index contributed by atoms with van der Waals surface area (Å²) in [6, 6.07) is 0. The van der Waals surface area contributed by atoms with Crippen LogP contribution in [-0.4, -0.2) is 52.3 Å². The minimum absolute atomic E-state index is 0.164. The standard InChI is InChI=1S/C20H36O4.4C4H9.2Sn.2H/c1-3-5-7-9-11-13-15-17(19(21)22)18(20(23)24)16-14-12-10-8-6-4-2;4*1-4(2)3;;;;/h3-16H2,1-2H3,(H,21,22)(H,23,24);4*4H,1H2,2-3H3;;;;/q;;;;;2*+1;;/p-2/b18-17-;;;;;;;;. The molecule has 0 amide bonds. The Balaban J connectivity index is 6.26. The molecule has 0 spiro atoms. The second-order valence-corrected chi connectivity index (χ2v) is 28.4. The molecule has 0 aromatic heterocycles. The molecule has 248 valence electrons. The molecule has 0 rings (SSSR count). The second kappa shape index (κ2) is 26.5. The first kappa shape index (κ1) is 42.3. The van der Waals surface area contributed by atoms with E-state index in [9.17, 15) is 9.59 Å². The minimum atomic E-state index is -2.56. The van der Waals surface area contributed by atoms with Crippen LogP contribution in [0, 0.1) is 23.7 Å². The maximum atomic E-state index is 14.0. The van der Waals surface area contributed by atoms with Crippen molar-refractivity contribution in [1.29, 1.82) is 0 Å². The van der Waals surface area contributed by atoms with E-state index in [0.29, 0.717) is 47.7 Å². The van der Waals surface area contributed by atoms with Gasteiger partial charge in [0, 0.05) is 0 Å². The van der Waals surface area contributed by atoms with Gasteiger partial charge in [0.05, 0.1) is 0 Å². The van der Waals surface area contributed by atoms with E-state index < -0.39 is 40.3 Å². The van der Waals surface area contributed by atoms with Crippen LogP contribution < -0.4 is 0 Å². The van der Waals surface area contributed by atoms with Gasteiger partial charge in [-0.1, -0.05) is 0 Å². The van der Waals surface area contributed by atoms with Crippen molar-refractivity contribution in [2.45, 2.75) is 177 Å². The molecule has 0 atom stereocenters. The Labute approximate surface area is 277 Å². The van der Waals surface area contributed by atoms with E-state index in [1.54, 1.807) is 0 Å². The van der Waals surface area contributed by atoms with Gasteiger partial charge >= 0.3 is 280 Å². The molecule has 42 heavy (non-hydrogen) atoms. The summed E-state index contributed by atoms with van der Waals surface area (Å²) in [5.41, 5.74) is 1.36. The molecule has 0 aliphatic heterocycles. The van der Waals surface area contributed by atoms with Crippen LogP contribution in [0.25, 0.3) is 0 Å². The van der Waals surface area contributed by atoms with E-state index in [-0.39, 0.29) is 11.9 Å². The van der Waals surface area contributed by atoms with Gasteiger partial charge in [-0.05, 0) is 0 Å². The van der Waals surface area contributed by atoms with E-state index >= 15 is 0 Å². The summed E-state index contributed by atoms with van der Waals surface area (Å²) in [5, 5.41) is 0. The van der Waals surface area contributed by atoms with Crippen LogP contribution in [0.3, 0.4) is 0 Å². The summed E-state index contributed by atoms with van der Waals surface area (Å²) >= 11 is -5.11. The van der Waals surface area contributed by atoms with Crippen LogP contribution in [0.5, 0.6) is 0 Å². The quantitative estimate of drug-likeness (QED) is 0.0496. The zero-order valence-electron chi connectivity index (χ0n) is 29.8. The third kappa shape index (κ3) is 22.7. The Morgan fingerprint density at radius 3 is 0.976 bits per heavy atom. The Bertz CT molecular complexity index is 650. The van der Waals surface area contributed by atoms with Crippen molar-refractivity contribution in [3.63, 3.8) is 0 Å². The van der Waals surface area contributed by atoms with Crippen molar-refractivity contribution < 1.29 is 15.7 Å². The fourth-order valence-electron chi connectivity index (χ4n) is 5.85. The molecule has 0 aromatic carbocycles. The van der Waals surface area contributed by atoms with Crippen molar-refractivity contribution in [2.24, 2.45) is 23.7 Å². The first-order chi connectivity index (χ1) is 19.9. The van der Waals surface area contributed by atoms with Gasteiger partial charge in [0.1, 0.15) is 0 Å². The predicted octanol–water partition coefficient (Wildman–Crippen LogP) is 10.9. The van der Waals surface area contributed by atoms with E-state index in [1.807, 2.05) is 0 Å². The number of hydrogen-bond acceptors (Lipinski definition) is 4. The first-order valence-electron chi connectivity index (χ1n) is 18.0. The Kier molecular flexibility index (Phi) is 26.7. The van der Waals surface area contributed by atoms with Crippen molar-refractivity contribution >= 4 is 52.3 Å². The molecule has 0 bridgehead atoms. The van der Waals surface area contributed by atoms with Crippen molar-refractivity contribution in [1.82, 2.24) is 0 Å². The van der Waals surface area contributed by atoms with Gasteiger partial charge in [0.15, 0.2) is 0 Å². The van der Waals surface area contributed by atoms with Crippen molar-refractivity contribution in [3.05, 3.63) is 11.1 Å². The summed E-state index contributed by atoms with van der Waals surface area (Å²) in [4.78, 5) is 28.1. The molecular formula is C36H72O4Sn2. The molecule has 0 aliphatic rings. The van der Waals surface area contributed by atoms with E-state index in [0.717, 1.165) is 43.4 Å². The normalized spacial score (nSPS) is 12.8. The van der Waals surface area contributed by atoms with Gasteiger partial charge < -0.3 is 0 Å². The number of carbonyl (C=O) groups excluding carboxylic acids is 2. The molecule has 4 nitrogen and oxygen atoms in total. The number of carbonyl (C=O) groups is 2. The number of unbranched alkanes of at least 4 members (excludes halogenated alkanes) is 10. The van der Waals surface area contributed by atoms with Gasteiger partial charge in [0.25, 0.3) is 0 Å². The average Bonchev–Trinajstić information content (AvgIpc) is 2.86. The molecule has 6 heteroatoms. The monoisotopic (exact) mass is 808 g/mol. The summed E-state index contributed by atoms with van der Waals surface area (Å²) in [6.45, 7) is 22.4. The fourth-order valence-corrected chi connectivity index (χ4v) is 22.6. The fraction of sp³-hybridized carbons (Fsp3) is 0.889. The van der Waals surface area contributed by atoms with Crippen molar-refractivity contribution in [3.8, 4) is 0 Å². The van der Waals surface area contributed by atoms with Gasteiger partial charge in [-0.25, -0.2) is 0 Å². The maximum absolute atomic E-state index is 14.0. The van der Waals surface area contributed by atoms with E-state index in [2.05, 4.69) is 69.2 Å². The molecule has 0 heterocycles. The first-order valence-corrected chi connectivity index (χ1v) is 30.1. The number of rotatable bonds is 26. The second-order valence-electron chi connectivity index (χ2n) is 14.6. The summed E-state index contributed by atoms with van der Waals surface area (Å²) < 4.78 is 17.2. The molecule has 0 saturated carbocycles. The molecule has 0 unspecified atom stereocenters. The van der Waals surface area contributed by atoms with Crippen LogP contribution in [0.4, 0.5) is 0 Å². The van der Waals surface area contributed by atoms with Crippen LogP contribution >= 0.6 is 0 Å². The number of hydrogen-bond donors (Lipinski definition) is 0. The SMILES string of the molecule is CCCCCCCC/C(C(=O)[O][SnH]([CH2]C(C)C)[CH2]C(C)C)=C(\CCCCCCCC)C(=O)[O][SnH]([CH2]C(C)C)[CH2]C(C)C. The van der Waals surface area contributed by atoms with Gasteiger partial charge in [-0.15, -0.1) is 0 Å². The zero-order valence-corrected chi connectivity index (χ0v) is 36.4. The molecular weight excluding hydrogens is 734 g/mol. The molecule has 0 aromatic rings. The Morgan fingerprint density at radius 1 is 0.452 bits per heavy atom. The van der Waals surface area contributed by atoms with Crippen LogP contribution in [0.15, 0.2) is 11.1 Å². The van der Waals surface area contributed by atoms with Crippen LogP contribution in [0.1, 0.15) is 159 Å². The average molecular weight is 806 g/mol. The van der Waals surface area contributed by atoms with Crippen LogP contribution in [0.2, 0.25) is 17.7 Å². The molecule has 0 fully saturated rings. The van der Waals surface area contributed by atoms with Crippen molar-refractivity contribution in [2.75, 3.05) is 0 Å². The Morgan fingerprint density at radius 2 is 0.714 bits per heavy atom. The summed E-state index contributed by atoms with van der Waals surface area (Å²) in [6.07, 6.45) is 15.3. The molecule has 0 saturated heterocycles. The summed E-state index contributed by atoms with van der Waals surface area (Å²) in [7, 11) is 0. The molecule has 0 N–H and O–H groups in total. The van der Waals surface area contributed by atoms with E-state index in [1.165, 1.54) is 51.4 Å². The third-order valence-corrected chi connectivity index (χ3v) is 27.8. The van der Waals surface area contributed by atoms with E-state index in [4.69, 9.17) is 6.15 Å². The zero-order chi connectivity index (χ0) is 31.9. The topological polar surface area (TPSA) is 52.6 Å².